The number of carbonyl (C=O) groups is 6. The molecule has 0 unspecified atom stereocenters. The number of carbonyl (C=O) groups excluding carboxylic acids is 6. The minimum Gasteiger partial charge on any atom is -0.378 e. The van der Waals surface area contributed by atoms with Crippen LogP contribution in [0.5, 0.6) is 0 Å². The first-order chi connectivity index (χ1) is 72.0. The van der Waals surface area contributed by atoms with Crippen LogP contribution in [0.4, 0.5) is 44.6 Å². The van der Waals surface area contributed by atoms with Gasteiger partial charge in [-0.3, -0.25) is 109 Å². The third-order valence-corrected chi connectivity index (χ3v) is 27.7. The van der Waals surface area contributed by atoms with Gasteiger partial charge in [0.2, 0.25) is 5.91 Å². The van der Waals surface area contributed by atoms with Crippen LogP contribution < -0.4 is 36.8 Å². The quantitative estimate of drug-likeness (QED) is 0.0241. The highest BCUT2D eigenvalue weighted by Crippen LogP contribution is 2.36. The van der Waals surface area contributed by atoms with Gasteiger partial charge in [0.05, 0.1) is 141 Å². The van der Waals surface area contributed by atoms with Gasteiger partial charge in [-0.25, -0.2) is 4.79 Å². The van der Waals surface area contributed by atoms with E-state index in [0.717, 1.165) is 243 Å². The van der Waals surface area contributed by atoms with Crippen LogP contribution in [0.1, 0.15) is 167 Å². The molecule has 23 rings (SSSR count). The fourth-order valence-corrected chi connectivity index (χ4v) is 19.2. The van der Waals surface area contributed by atoms with Crippen LogP contribution in [0.2, 0.25) is 0 Å². The number of fused-ring (bicyclic) bond motifs is 4. The van der Waals surface area contributed by atoms with E-state index < -0.39 is 0 Å². The number of hydrogen-bond donors (Lipinski definition) is 10. The molecule has 7 aliphatic rings. The van der Waals surface area contributed by atoms with Gasteiger partial charge in [-0.05, 0) is 285 Å². The molecule has 16 aromatic rings. The summed E-state index contributed by atoms with van der Waals surface area (Å²) in [6.45, 7) is 18.7. The molecule has 7 amide bonds. The lowest BCUT2D eigenvalue weighted by molar-refractivity contribution is -0.117. The second-order valence-corrected chi connectivity index (χ2v) is 38.9. The summed E-state index contributed by atoms with van der Waals surface area (Å²) >= 11 is 0. The number of nitrogens with one attached hydrogen (secondary N) is 10. The van der Waals surface area contributed by atoms with Crippen molar-refractivity contribution < 1.29 is 33.5 Å². The number of morpholine rings is 1. The van der Waals surface area contributed by atoms with E-state index in [1.54, 1.807) is 63.7 Å². The SMILES string of the molecule is CN(C)C(=O)Nc1cncc(-c2ccc3[nH]nc(C(=O)Nc4ccc(CN5CCCCC5)nc4)c3c2)c1.O=C(Nc1ccc(CN2CCCCC2)nc1)c1n[nH]c2ccc(-c3cncc(CN4CCC4)c3)cc12.O=C(Nc1ccc(CN2CCCCC2)nc1)c1n[nH]c2ccc(-c3cncc(N4CCOCC4)c3)cc12.O=C(Nc1ccc(CN2CCCCC2)nc1)c1n[nH]c2ccc(-c3cncc(NC(=O)C4CC4)c3)cc12. The number of H-pyrrole nitrogens is 4. The molecule has 147 heavy (non-hydrogen) atoms. The average molecular weight is 1970 g/mol. The molecule has 0 radical (unpaired) electrons. The molecule has 18 heterocycles. The van der Waals surface area contributed by atoms with Gasteiger partial charge in [0.1, 0.15) is 0 Å². The van der Waals surface area contributed by atoms with Gasteiger partial charge in [-0.2, -0.15) is 20.4 Å². The Balaban J connectivity index is 0.000000119. The van der Waals surface area contributed by atoms with Gasteiger partial charge in [0.25, 0.3) is 23.6 Å². The van der Waals surface area contributed by atoms with Gasteiger partial charge in [0, 0.05) is 141 Å². The maximum atomic E-state index is 13.1. The predicted molar refractivity (Wildman–Crippen MR) is 570 cm³/mol. The molecule has 6 saturated heterocycles. The first kappa shape index (κ1) is 98.5. The summed E-state index contributed by atoms with van der Waals surface area (Å²) in [6.07, 6.45) is 39.5. The van der Waals surface area contributed by atoms with Crippen LogP contribution in [0, 0.1) is 5.92 Å². The third kappa shape index (κ3) is 25.6. The molecule has 0 bridgehead atoms. The lowest BCUT2D eigenvalue weighted by Gasteiger charge is -2.30. The Kier molecular flexibility index (Phi) is 31.4. The largest absolute Gasteiger partial charge is 0.378 e. The summed E-state index contributed by atoms with van der Waals surface area (Å²) in [7, 11) is 3.35. The smallest absolute Gasteiger partial charge is 0.321 e. The molecule has 7 fully saturated rings. The molecule has 1 saturated carbocycles. The maximum Gasteiger partial charge on any atom is 0.321 e. The number of pyridine rings is 8. The second-order valence-electron chi connectivity index (χ2n) is 38.9. The number of aromatic nitrogens is 16. The van der Waals surface area contributed by atoms with E-state index in [-0.39, 0.29) is 41.5 Å². The Morgan fingerprint density at radius 2 is 0.626 bits per heavy atom. The van der Waals surface area contributed by atoms with Crippen molar-refractivity contribution in [1.29, 1.82) is 0 Å². The normalized spacial score (nSPS) is 15.8. The van der Waals surface area contributed by atoms with Gasteiger partial charge in [-0.1, -0.05) is 49.9 Å². The Hall–Kier alpha value is -15.9. The average Bonchev–Trinajstić information content (AvgIpc) is 1.69. The van der Waals surface area contributed by atoms with Crippen LogP contribution in [-0.4, -0.2) is 251 Å². The predicted octanol–water partition coefficient (Wildman–Crippen LogP) is 17.5. The number of anilines is 7. The number of rotatable bonds is 26. The van der Waals surface area contributed by atoms with E-state index in [0.29, 0.717) is 67.7 Å². The van der Waals surface area contributed by atoms with Crippen molar-refractivity contribution in [3.63, 3.8) is 0 Å². The van der Waals surface area contributed by atoms with E-state index in [1.165, 1.54) is 93.9 Å². The van der Waals surface area contributed by atoms with E-state index in [9.17, 15) is 28.8 Å². The highest BCUT2D eigenvalue weighted by atomic mass is 16.5. The van der Waals surface area contributed by atoms with Crippen LogP contribution in [0.25, 0.3) is 88.1 Å². The molecule has 4 aromatic carbocycles. The number of urea groups is 1. The van der Waals surface area contributed by atoms with Crippen molar-refractivity contribution in [2.75, 3.05) is 143 Å². The molecule has 1 aliphatic carbocycles. The summed E-state index contributed by atoms with van der Waals surface area (Å²) in [5.74, 6) is -0.996. The monoisotopic (exact) mass is 1970 g/mol. The van der Waals surface area contributed by atoms with Crippen molar-refractivity contribution in [1.82, 2.24) is 110 Å². The van der Waals surface area contributed by atoms with Crippen LogP contribution in [0.15, 0.2) is 220 Å². The number of amides is 7. The number of hydrogen-bond acceptors (Lipinski definition) is 25. The maximum absolute atomic E-state index is 13.1. The summed E-state index contributed by atoms with van der Waals surface area (Å²) < 4.78 is 5.47. The molecule has 6 aliphatic heterocycles. The van der Waals surface area contributed by atoms with Crippen molar-refractivity contribution in [3.8, 4) is 44.5 Å². The molecule has 12 aromatic heterocycles. The molecule has 0 spiro atoms. The minimum absolute atomic E-state index is 0.0391. The Morgan fingerprint density at radius 1 is 0.306 bits per heavy atom. The van der Waals surface area contributed by atoms with Gasteiger partial charge >= 0.3 is 6.03 Å². The number of likely N-dealkylation sites (tertiary alicyclic amines) is 5. The Bertz CT molecular complexity index is 7080. The van der Waals surface area contributed by atoms with Crippen molar-refractivity contribution >= 4 is 119 Å². The summed E-state index contributed by atoms with van der Waals surface area (Å²) in [5.41, 5.74) is 22.0. The third-order valence-electron chi connectivity index (χ3n) is 27.7. The Labute approximate surface area is 851 Å². The number of nitrogens with zero attached hydrogens (tertiary/aromatic N) is 19. The molecule has 10 N–H and O–H groups in total. The minimum atomic E-state index is -0.320. The van der Waals surface area contributed by atoms with Gasteiger partial charge < -0.3 is 46.4 Å². The summed E-state index contributed by atoms with van der Waals surface area (Å²) in [6, 6.07) is 46.7. The number of benzene rings is 4. The zero-order chi connectivity index (χ0) is 100. The summed E-state index contributed by atoms with van der Waals surface area (Å²) in [5, 5.41) is 49.4. The molecule has 36 nitrogen and oxygen atoms in total. The van der Waals surface area contributed by atoms with Crippen LogP contribution in [-0.2, 0) is 42.3 Å². The summed E-state index contributed by atoms with van der Waals surface area (Å²) in [4.78, 5) is 128. The molecule has 36 heteroatoms. The second kappa shape index (κ2) is 46.9. The van der Waals surface area contributed by atoms with E-state index in [1.807, 2.05) is 158 Å². The first-order valence-corrected chi connectivity index (χ1v) is 51.0. The van der Waals surface area contributed by atoms with E-state index >= 15 is 0 Å². The zero-order valence-corrected chi connectivity index (χ0v) is 82.8. The molecular formula is C111H121N29O7. The molecule has 752 valence electrons. The Morgan fingerprint density at radius 3 is 0.952 bits per heavy atom. The topological polar surface area (TPSA) is 424 Å². The van der Waals surface area contributed by atoms with Crippen molar-refractivity contribution in [2.45, 2.75) is 129 Å². The number of piperidine rings is 4. The molecule has 0 atom stereocenters. The van der Waals surface area contributed by atoms with Crippen molar-refractivity contribution in [2.24, 2.45) is 5.92 Å². The number of ether oxygens (including phenoxy) is 1. The van der Waals surface area contributed by atoms with Crippen molar-refractivity contribution in [3.05, 3.63) is 271 Å². The fraction of sp³-hybridized carbons (Fsp3) is 0.333. The van der Waals surface area contributed by atoms with E-state index in [4.69, 9.17) is 4.74 Å². The van der Waals surface area contributed by atoms with Crippen LogP contribution in [0.3, 0.4) is 0 Å². The highest BCUT2D eigenvalue weighted by molar-refractivity contribution is 6.15. The fourth-order valence-electron chi connectivity index (χ4n) is 19.2. The number of aromatic amines is 4. The van der Waals surface area contributed by atoms with E-state index in [2.05, 4.69) is 154 Å². The van der Waals surface area contributed by atoms with Crippen LogP contribution >= 0.6 is 0 Å². The lowest BCUT2D eigenvalue weighted by atomic mass is 10.0. The standard InChI is InChI=1S/C28H31N7O2.C28H29N7O2.C28H31N7O.C27H30N8O2/c36-28(31-22-5-6-23(30-17-22)19-34-8-2-1-3-9-34)27-25-15-20(4-7-26(25)32-33-27)21-14-24(18-29-16-21)35-10-12-37-13-11-35;36-27(18-4-5-18)32-23-12-20(14-29-15-23)19-6-9-25-24(13-19)26(34-33-25)28(37)31-21-7-8-22(30-16-21)17-35-10-2-1-3-11-35;36-28(31-23-6-7-24(30-17-23)19-35-9-2-1-3-10-35)27-25-14-21(5-8-26(25)32-33-27)22-13-20(15-29-16-22)18-34-11-4-12-34;1-34(2)27(37)31-22-12-19(14-28-15-22)18-6-9-24-23(13-18)25(33-32-24)26(36)30-20-7-8-21(29-16-20)17-35-10-4-3-5-11-35/h4-7,14-18H,1-3,8-13,19H2,(H,31,36)(H,32,33);6-9,12-16,18H,1-5,10-11,17H2,(H,31,37)(H,32,36)(H,33,34);5-8,13-17H,1-4,9-12,18-19H2,(H,31,36)(H,32,33);6-9,12-16H,3-5,10-11,17H2,1-2H3,(H,30,36)(H,31,37)(H,32,33). The lowest BCUT2D eigenvalue weighted by Crippen LogP contribution is -2.36. The molecular weight excluding hydrogens is 1850 g/mol. The highest BCUT2D eigenvalue weighted by Gasteiger charge is 2.31. The van der Waals surface area contributed by atoms with Gasteiger partial charge in [-0.15, -0.1) is 0 Å². The zero-order valence-electron chi connectivity index (χ0n) is 82.8. The first-order valence-electron chi connectivity index (χ1n) is 51.0. The van der Waals surface area contributed by atoms with Gasteiger partial charge in [0.15, 0.2) is 22.8 Å².